The summed E-state index contributed by atoms with van der Waals surface area (Å²) in [4.78, 5) is 13.9. The lowest BCUT2D eigenvalue weighted by Gasteiger charge is -2.23. The molecule has 1 aliphatic heterocycles. The Hall–Kier alpha value is -1.40. The molecule has 1 amide bonds. The second-order valence-electron chi connectivity index (χ2n) is 6.64. The first-order valence-electron chi connectivity index (χ1n) is 8.70. The number of carbonyl (C=O) groups is 1. The average Bonchev–Trinajstić information content (AvgIpc) is 2.81. The fourth-order valence-corrected chi connectivity index (χ4v) is 4.52. The molecule has 0 aliphatic carbocycles. The Morgan fingerprint density at radius 3 is 2.46 bits per heavy atom. The van der Waals surface area contributed by atoms with Gasteiger partial charge < -0.3 is 4.90 Å². The van der Waals surface area contributed by atoms with Crippen LogP contribution < -0.4 is 0 Å². The van der Waals surface area contributed by atoms with Crippen LogP contribution in [0.15, 0.2) is 30.3 Å². The van der Waals surface area contributed by atoms with Crippen molar-refractivity contribution in [1.29, 1.82) is 0 Å². The lowest BCUT2D eigenvalue weighted by molar-refractivity contribution is -0.134. The van der Waals surface area contributed by atoms with Crippen LogP contribution in [0.2, 0.25) is 0 Å². The molecule has 0 N–H and O–H groups in total. The number of benzene rings is 1. The summed E-state index contributed by atoms with van der Waals surface area (Å²) < 4.78 is 26.7. The van der Waals surface area contributed by atoms with E-state index in [2.05, 4.69) is 0 Å². The Morgan fingerprint density at radius 2 is 1.79 bits per heavy atom. The van der Waals surface area contributed by atoms with E-state index < -0.39 is 10.0 Å². The summed E-state index contributed by atoms with van der Waals surface area (Å²) in [6.45, 7) is 5.82. The molecule has 1 saturated heterocycles. The lowest BCUT2D eigenvalue weighted by Crippen LogP contribution is -2.39. The van der Waals surface area contributed by atoms with Gasteiger partial charge in [0.1, 0.15) is 0 Å². The van der Waals surface area contributed by atoms with Crippen molar-refractivity contribution >= 4 is 15.9 Å². The third kappa shape index (κ3) is 5.31. The highest BCUT2D eigenvalue weighted by molar-refractivity contribution is 7.89. The molecule has 6 heteroatoms. The molecule has 0 aromatic heterocycles. The summed E-state index contributed by atoms with van der Waals surface area (Å²) >= 11 is 0. The molecule has 2 rings (SSSR count). The van der Waals surface area contributed by atoms with E-state index in [4.69, 9.17) is 0 Å². The number of sulfonamides is 1. The van der Waals surface area contributed by atoms with Crippen molar-refractivity contribution in [2.75, 3.05) is 31.9 Å². The minimum Gasteiger partial charge on any atom is -0.341 e. The minimum atomic E-state index is -3.25. The highest BCUT2D eigenvalue weighted by Gasteiger charge is 2.27. The Balaban J connectivity index is 1.86. The second-order valence-corrected chi connectivity index (χ2v) is 8.73. The van der Waals surface area contributed by atoms with E-state index in [0.717, 1.165) is 12.0 Å². The van der Waals surface area contributed by atoms with E-state index >= 15 is 0 Å². The third-order valence-electron chi connectivity index (χ3n) is 4.36. The van der Waals surface area contributed by atoms with E-state index in [1.165, 1.54) is 0 Å². The number of amides is 1. The Kier molecular flexibility index (Phi) is 6.80. The number of rotatable bonds is 6. The highest BCUT2D eigenvalue weighted by Crippen LogP contribution is 2.13. The molecule has 0 unspecified atom stereocenters. The number of hydrogen-bond donors (Lipinski definition) is 0. The summed E-state index contributed by atoms with van der Waals surface area (Å²) in [6, 6.07) is 9.95. The predicted molar refractivity (Wildman–Crippen MR) is 96.2 cm³/mol. The van der Waals surface area contributed by atoms with Crippen molar-refractivity contribution in [3.05, 3.63) is 35.9 Å². The molecule has 134 valence electrons. The Bertz CT molecular complexity index is 629. The van der Waals surface area contributed by atoms with Gasteiger partial charge in [0.2, 0.25) is 15.9 Å². The highest BCUT2D eigenvalue weighted by atomic mass is 32.2. The third-order valence-corrected chi connectivity index (χ3v) is 6.32. The second kappa shape index (κ2) is 8.62. The van der Waals surface area contributed by atoms with Gasteiger partial charge in [0, 0.05) is 32.1 Å². The van der Waals surface area contributed by atoms with Crippen LogP contribution in [-0.4, -0.2) is 55.5 Å². The summed E-state index contributed by atoms with van der Waals surface area (Å²) in [5, 5.41) is 0. The van der Waals surface area contributed by atoms with Crippen LogP contribution in [0.1, 0.15) is 32.3 Å². The number of carbonyl (C=O) groups excluding carboxylic acids is 1. The molecule has 0 atom stereocenters. The quantitative estimate of drug-likeness (QED) is 0.788. The fraction of sp³-hybridized carbons (Fsp3) is 0.611. The first-order chi connectivity index (χ1) is 11.4. The van der Waals surface area contributed by atoms with Gasteiger partial charge in [-0.05, 0) is 24.8 Å². The standard InChI is InChI=1S/C18H28N2O3S/c1-16(2)18(21)19-11-7-12-20(14-13-19)24(22,23)15-6-10-17-8-4-3-5-9-17/h3-5,8-9,16H,6-7,10-15H2,1-2H3. The van der Waals surface area contributed by atoms with Crippen LogP contribution >= 0.6 is 0 Å². The number of nitrogens with zero attached hydrogens (tertiary/aromatic N) is 2. The summed E-state index contributed by atoms with van der Waals surface area (Å²) in [5.74, 6) is 0.234. The van der Waals surface area contributed by atoms with Gasteiger partial charge in [-0.3, -0.25) is 4.79 Å². The molecular formula is C18H28N2O3S. The molecule has 1 aliphatic rings. The van der Waals surface area contributed by atoms with Crippen LogP contribution in [-0.2, 0) is 21.2 Å². The molecular weight excluding hydrogens is 324 g/mol. The molecule has 0 bridgehead atoms. The van der Waals surface area contributed by atoms with Crippen molar-refractivity contribution in [2.24, 2.45) is 5.92 Å². The van der Waals surface area contributed by atoms with Crippen molar-refractivity contribution < 1.29 is 13.2 Å². The Labute approximate surface area is 145 Å². The summed E-state index contributed by atoms with van der Waals surface area (Å²) in [7, 11) is -3.25. The van der Waals surface area contributed by atoms with E-state index in [9.17, 15) is 13.2 Å². The topological polar surface area (TPSA) is 57.7 Å². The van der Waals surface area contributed by atoms with Gasteiger partial charge in [0.25, 0.3) is 0 Å². The first-order valence-corrected chi connectivity index (χ1v) is 10.3. The summed E-state index contributed by atoms with van der Waals surface area (Å²) in [5.41, 5.74) is 1.16. The normalized spacial score (nSPS) is 17.0. The van der Waals surface area contributed by atoms with Crippen LogP contribution in [0.3, 0.4) is 0 Å². The van der Waals surface area contributed by atoms with Gasteiger partial charge in [-0.25, -0.2) is 12.7 Å². The fourth-order valence-electron chi connectivity index (χ4n) is 2.99. The zero-order chi connectivity index (χ0) is 17.6. The molecule has 24 heavy (non-hydrogen) atoms. The average molecular weight is 353 g/mol. The van der Waals surface area contributed by atoms with Crippen LogP contribution in [0, 0.1) is 5.92 Å². The zero-order valence-electron chi connectivity index (χ0n) is 14.6. The molecule has 1 heterocycles. The van der Waals surface area contributed by atoms with Crippen molar-refractivity contribution in [3.63, 3.8) is 0 Å². The predicted octanol–water partition coefficient (Wildman–Crippen LogP) is 2.14. The maximum Gasteiger partial charge on any atom is 0.225 e. The number of aryl methyl sites for hydroxylation is 1. The molecule has 0 spiro atoms. The molecule has 1 fully saturated rings. The maximum atomic E-state index is 12.6. The van der Waals surface area contributed by atoms with Crippen LogP contribution in [0.4, 0.5) is 0 Å². The van der Waals surface area contributed by atoms with Gasteiger partial charge in [-0.2, -0.15) is 0 Å². The van der Waals surface area contributed by atoms with Gasteiger partial charge in [-0.1, -0.05) is 44.2 Å². The lowest BCUT2D eigenvalue weighted by atomic mass is 10.1. The maximum absolute atomic E-state index is 12.6. The van der Waals surface area contributed by atoms with Gasteiger partial charge in [0.05, 0.1) is 5.75 Å². The zero-order valence-corrected chi connectivity index (χ0v) is 15.5. The first kappa shape index (κ1) is 18.9. The summed E-state index contributed by atoms with van der Waals surface area (Å²) in [6.07, 6.45) is 2.10. The molecule has 1 aromatic rings. The van der Waals surface area contributed by atoms with E-state index in [0.29, 0.717) is 39.0 Å². The van der Waals surface area contributed by atoms with Gasteiger partial charge in [0.15, 0.2) is 0 Å². The smallest absolute Gasteiger partial charge is 0.225 e. The molecule has 0 radical (unpaired) electrons. The van der Waals surface area contributed by atoms with Gasteiger partial charge in [-0.15, -0.1) is 0 Å². The van der Waals surface area contributed by atoms with Crippen LogP contribution in [0.25, 0.3) is 0 Å². The molecule has 5 nitrogen and oxygen atoms in total. The Morgan fingerprint density at radius 1 is 1.08 bits per heavy atom. The monoisotopic (exact) mass is 352 g/mol. The SMILES string of the molecule is CC(C)C(=O)N1CCCN(S(=O)(=O)CCCc2ccccc2)CC1. The minimum absolute atomic E-state index is 0.0426. The van der Waals surface area contributed by atoms with E-state index in [1.54, 1.807) is 9.21 Å². The largest absolute Gasteiger partial charge is 0.341 e. The molecule has 1 aromatic carbocycles. The van der Waals surface area contributed by atoms with E-state index in [-0.39, 0.29) is 17.6 Å². The van der Waals surface area contributed by atoms with E-state index in [1.807, 2.05) is 44.2 Å². The van der Waals surface area contributed by atoms with Crippen molar-refractivity contribution in [2.45, 2.75) is 33.1 Å². The van der Waals surface area contributed by atoms with Crippen LogP contribution in [0.5, 0.6) is 0 Å². The van der Waals surface area contributed by atoms with Crippen molar-refractivity contribution in [3.8, 4) is 0 Å². The van der Waals surface area contributed by atoms with Gasteiger partial charge >= 0.3 is 0 Å². The molecule has 0 saturated carbocycles. The van der Waals surface area contributed by atoms with Crippen molar-refractivity contribution in [1.82, 2.24) is 9.21 Å². The number of hydrogen-bond acceptors (Lipinski definition) is 3.